The number of carbonyl (C=O) groups excluding carboxylic acids is 1. The van der Waals surface area contributed by atoms with Crippen molar-refractivity contribution < 1.29 is 14.3 Å². The number of aryl methyl sites for hydroxylation is 1. The molecule has 2 aromatic rings. The van der Waals surface area contributed by atoms with Gasteiger partial charge in [-0.2, -0.15) is 5.10 Å². The van der Waals surface area contributed by atoms with Crippen molar-refractivity contribution in [2.45, 2.75) is 39.8 Å². The van der Waals surface area contributed by atoms with Gasteiger partial charge in [0.25, 0.3) is 5.91 Å². The molecule has 0 aliphatic carbocycles. The fourth-order valence-electron chi connectivity index (χ4n) is 2.40. The molecule has 0 spiro atoms. The number of ether oxygens (including phenoxy) is 2. The fraction of sp³-hybridized carbons (Fsp3) is 0.444. The predicted molar refractivity (Wildman–Crippen MR) is 93.7 cm³/mol. The molecular formula is C18H25N3O3. The summed E-state index contributed by atoms with van der Waals surface area (Å²) in [7, 11) is 3.23. The standard InChI is InChI=1S/C18H25N3O3/c1-6-12(3)19-18(22)15-11-16(21(7-2)20-15)14-9-8-13(23-4)10-17(14)24-5/h8-12H,6-7H2,1-5H3,(H,19,22). The van der Waals surface area contributed by atoms with E-state index < -0.39 is 0 Å². The number of aromatic nitrogens is 2. The third kappa shape index (κ3) is 3.69. The van der Waals surface area contributed by atoms with Gasteiger partial charge in [0.2, 0.25) is 0 Å². The lowest BCUT2D eigenvalue weighted by Crippen LogP contribution is -2.32. The largest absolute Gasteiger partial charge is 0.497 e. The van der Waals surface area contributed by atoms with E-state index in [1.165, 1.54) is 0 Å². The number of carbonyl (C=O) groups is 1. The van der Waals surface area contributed by atoms with Crippen molar-refractivity contribution >= 4 is 5.91 Å². The molecule has 0 aliphatic heterocycles. The van der Waals surface area contributed by atoms with Crippen LogP contribution in [-0.2, 0) is 6.54 Å². The van der Waals surface area contributed by atoms with Crippen LogP contribution in [0.2, 0.25) is 0 Å². The van der Waals surface area contributed by atoms with Gasteiger partial charge in [0.1, 0.15) is 11.5 Å². The van der Waals surface area contributed by atoms with Crippen molar-refractivity contribution in [2.24, 2.45) is 0 Å². The summed E-state index contributed by atoms with van der Waals surface area (Å²) in [6.45, 7) is 6.65. The Kier molecular flexibility index (Phi) is 5.84. The molecule has 0 saturated carbocycles. The molecule has 6 heteroatoms. The van der Waals surface area contributed by atoms with Gasteiger partial charge in [-0.25, -0.2) is 0 Å². The zero-order valence-corrected chi connectivity index (χ0v) is 14.9. The van der Waals surface area contributed by atoms with Crippen LogP contribution in [0.15, 0.2) is 24.3 Å². The van der Waals surface area contributed by atoms with Crippen LogP contribution in [0.5, 0.6) is 11.5 Å². The molecule has 130 valence electrons. The van der Waals surface area contributed by atoms with E-state index in [9.17, 15) is 4.79 Å². The Balaban J connectivity index is 2.42. The number of hydrogen-bond donors (Lipinski definition) is 1. The maximum Gasteiger partial charge on any atom is 0.272 e. The molecule has 0 radical (unpaired) electrons. The molecule has 0 saturated heterocycles. The summed E-state index contributed by atoms with van der Waals surface area (Å²) in [5.41, 5.74) is 2.12. The van der Waals surface area contributed by atoms with Crippen LogP contribution in [0, 0.1) is 0 Å². The molecule has 1 aromatic carbocycles. The van der Waals surface area contributed by atoms with E-state index in [-0.39, 0.29) is 11.9 Å². The van der Waals surface area contributed by atoms with Gasteiger partial charge >= 0.3 is 0 Å². The molecule has 0 bridgehead atoms. The van der Waals surface area contributed by atoms with Crippen LogP contribution in [0.3, 0.4) is 0 Å². The van der Waals surface area contributed by atoms with Gasteiger partial charge in [-0.1, -0.05) is 6.92 Å². The maximum atomic E-state index is 12.3. The molecule has 2 rings (SSSR count). The number of nitrogens with one attached hydrogen (secondary N) is 1. The molecule has 1 N–H and O–H groups in total. The maximum absolute atomic E-state index is 12.3. The van der Waals surface area contributed by atoms with E-state index in [4.69, 9.17) is 9.47 Å². The minimum atomic E-state index is -0.162. The summed E-state index contributed by atoms with van der Waals surface area (Å²) in [6.07, 6.45) is 0.874. The number of amides is 1. The topological polar surface area (TPSA) is 65.4 Å². The van der Waals surface area contributed by atoms with Crippen molar-refractivity contribution in [3.05, 3.63) is 30.0 Å². The van der Waals surface area contributed by atoms with E-state index in [1.807, 2.05) is 39.0 Å². The molecule has 24 heavy (non-hydrogen) atoms. The number of hydrogen-bond acceptors (Lipinski definition) is 4. The van der Waals surface area contributed by atoms with Gasteiger partial charge in [0.15, 0.2) is 5.69 Å². The first-order valence-corrected chi connectivity index (χ1v) is 8.15. The zero-order chi connectivity index (χ0) is 17.7. The highest BCUT2D eigenvalue weighted by atomic mass is 16.5. The van der Waals surface area contributed by atoms with Gasteiger partial charge < -0.3 is 14.8 Å². The van der Waals surface area contributed by atoms with E-state index in [0.717, 1.165) is 17.7 Å². The molecular weight excluding hydrogens is 306 g/mol. The van der Waals surface area contributed by atoms with Crippen LogP contribution in [0.1, 0.15) is 37.7 Å². The smallest absolute Gasteiger partial charge is 0.272 e. The van der Waals surface area contributed by atoms with Crippen molar-refractivity contribution in [3.8, 4) is 22.8 Å². The zero-order valence-electron chi connectivity index (χ0n) is 14.9. The molecule has 1 heterocycles. The first-order valence-electron chi connectivity index (χ1n) is 8.15. The van der Waals surface area contributed by atoms with Crippen molar-refractivity contribution in [2.75, 3.05) is 14.2 Å². The van der Waals surface area contributed by atoms with Crippen molar-refractivity contribution in [1.82, 2.24) is 15.1 Å². The molecule has 0 aliphatic rings. The molecule has 6 nitrogen and oxygen atoms in total. The highest BCUT2D eigenvalue weighted by Gasteiger charge is 2.18. The quantitative estimate of drug-likeness (QED) is 0.846. The molecule has 1 unspecified atom stereocenters. The minimum Gasteiger partial charge on any atom is -0.497 e. The van der Waals surface area contributed by atoms with Crippen LogP contribution < -0.4 is 14.8 Å². The Morgan fingerprint density at radius 2 is 2.00 bits per heavy atom. The summed E-state index contributed by atoms with van der Waals surface area (Å²) in [6, 6.07) is 7.51. The molecule has 0 fully saturated rings. The first-order chi connectivity index (χ1) is 11.5. The van der Waals surface area contributed by atoms with E-state index in [0.29, 0.717) is 23.7 Å². The summed E-state index contributed by atoms with van der Waals surface area (Å²) in [4.78, 5) is 12.3. The lowest BCUT2D eigenvalue weighted by atomic mass is 10.1. The lowest BCUT2D eigenvalue weighted by molar-refractivity contribution is 0.0933. The highest BCUT2D eigenvalue weighted by Crippen LogP contribution is 2.33. The molecule has 1 atom stereocenters. The fourth-order valence-corrected chi connectivity index (χ4v) is 2.40. The van der Waals surface area contributed by atoms with Gasteiger partial charge in [-0.3, -0.25) is 9.48 Å². The van der Waals surface area contributed by atoms with Gasteiger partial charge in [0, 0.05) is 24.2 Å². The summed E-state index contributed by atoms with van der Waals surface area (Å²) in [5, 5.41) is 7.37. The number of methoxy groups -OCH3 is 2. The van der Waals surface area contributed by atoms with Gasteiger partial charge in [0.05, 0.1) is 19.9 Å². The van der Waals surface area contributed by atoms with Crippen LogP contribution in [0.4, 0.5) is 0 Å². The van der Waals surface area contributed by atoms with Crippen LogP contribution in [0.25, 0.3) is 11.3 Å². The third-order valence-corrected chi connectivity index (χ3v) is 3.99. The Morgan fingerprint density at radius 1 is 1.25 bits per heavy atom. The van der Waals surface area contributed by atoms with Gasteiger partial charge in [-0.05, 0) is 38.5 Å². The minimum absolute atomic E-state index is 0.114. The van der Waals surface area contributed by atoms with Crippen LogP contribution >= 0.6 is 0 Å². The summed E-state index contributed by atoms with van der Waals surface area (Å²) < 4.78 is 12.5. The number of benzene rings is 1. The van der Waals surface area contributed by atoms with Crippen LogP contribution in [-0.4, -0.2) is 35.9 Å². The Labute approximate surface area is 142 Å². The summed E-state index contributed by atoms with van der Waals surface area (Å²) in [5.74, 6) is 1.23. The average Bonchev–Trinajstić information content (AvgIpc) is 3.05. The Bertz CT molecular complexity index is 710. The second kappa shape index (κ2) is 7.86. The molecule has 1 aromatic heterocycles. The second-order valence-corrected chi connectivity index (χ2v) is 5.58. The number of nitrogens with zero attached hydrogens (tertiary/aromatic N) is 2. The van der Waals surface area contributed by atoms with E-state index in [2.05, 4.69) is 10.4 Å². The van der Waals surface area contributed by atoms with Gasteiger partial charge in [-0.15, -0.1) is 0 Å². The summed E-state index contributed by atoms with van der Waals surface area (Å²) >= 11 is 0. The second-order valence-electron chi connectivity index (χ2n) is 5.58. The number of rotatable bonds is 7. The average molecular weight is 331 g/mol. The molecule has 1 amide bonds. The monoisotopic (exact) mass is 331 g/mol. The van der Waals surface area contributed by atoms with Crippen molar-refractivity contribution in [1.29, 1.82) is 0 Å². The van der Waals surface area contributed by atoms with Crippen molar-refractivity contribution in [3.63, 3.8) is 0 Å². The first kappa shape index (κ1) is 17.8. The third-order valence-electron chi connectivity index (χ3n) is 3.99. The SMILES string of the molecule is CCC(C)NC(=O)c1cc(-c2ccc(OC)cc2OC)n(CC)n1. The van der Waals surface area contributed by atoms with E-state index in [1.54, 1.807) is 25.0 Å². The normalized spacial score (nSPS) is 11.9. The van der Waals surface area contributed by atoms with E-state index >= 15 is 0 Å². The predicted octanol–water partition coefficient (Wildman–Crippen LogP) is 3.12. The Morgan fingerprint density at radius 3 is 2.58 bits per heavy atom. The Hall–Kier alpha value is -2.50. The highest BCUT2D eigenvalue weighted by molar-refractivity contribution is 5.93. The lowest BCUT2D eigenvalue weighted by Gasteiger charge is -2.11.